The van der Waals surface area contributed by atoms with Gasteiger partial charge in [-0.2, -0.15) is 0 Å². The third-order valence-electron chi connectivity index (χ3n) is 3.09. The van der Waals surface area contributed by atoms with Gasteiger partial charge < -0.3 is 20.3 Å². The second-order valence-electron chi connectivity index (χ2n) is 4.25. The van der Waals surface area contributed by atoms with Crippen LogP contribution in [0.4, 0.5) is 10.6 Å². The van der Waals surface area contributed by atoms with Gasteiger partial charge in [-0.3, -0.25) is 0 Å². The number of hydrogen-bond acceptors (Lipinski definition) is 6. The molecular formula is C12H19N5O2. The minimum atomic E-state index is -0.246. The Morgan fingerprint density at radius 3 is 2.79 bits per heavy atom. The molecule has 0 bridgehead atoms. The summed E-state index contributed by atoms with van der Waals surface area (Å²) < 4.78 is 4.99. The minimum Gasteiger partial charge on any atom is -0.450 e. The zero-order valence-corrected chi connectivity index (χ0v) is 11.1. The van der Waals surface area contributed by atoms with Crippen molar-refractivity contribution in [2.24, 2.45) is 5.73 Å². The Morgan fingerprint density at radius 2 is 2.16 bits per heavy atom. The number of nitrogens with two attached hydrogens (primary N) is 1. The maximum absolute atomic E-state index is 11.6. The Hall–Kier alpha value is -1.89. The Balaban J connectivity index is 1.98. The van der Waals surface area contributed by atoms with Crippen molar-refractivity contribution in [3.05, 3.63) is 18.1 Å². The zero-order chi connectivity index (χ0) is 13.7. The highest BCUT2D eigenvalue weighted by atomic mass is 16.6. The van der Waals surface area contributed by atoms with E-state index in [2.05, 4.69) is 14.9 Å². The fraction of sp³-hybridized carbons (Fsp3) is 0.583. The van der Waals surface area contributed by atoms with Crippen LogP contribution >= 0.6 is 0 Å². The number of anilines is 1. The fourth-order valence-corrected chi connectivity index (χ4v) is 2.10. The van der Waals surface area contributed by atoms with Crippen LogP contribution in [0.2, 0.25) is 0 Å². The third kappa shape index (κ3) is 3.11. The van der Waals surface area contributed by atoms with Gasteiger partial charge >= 0.3 is 6.09 Å². The maximum Gasteiger partial charge on any atom is 0.409 e. The topological polar surface area (TPSA) is 84.6 Å². The quantitative estimate of drug-likeness (QED) is 0.841. The van der Waals surface area contributed by atoms with Gasteiger partial charge in [0.25, 0.3) is 0 Å². The van der Waals surface area contributed by atoms with E-state index >= 15 is 0 Å². The largest absolute Gasteiger partial charge is 0.450 e. The molecule has 0 aliphatic carbocycles. The average molecular weight is 265 g/mol. The molecule has 0 spiro atoms. The lowest BCUT2D eigenvalue weighted by atomic mass is 10.2. The van der Waals surface area contributed by atoms with Gasteiger partial charge in [0, 0.05) is 44.5 Å². The summed E-state index contributed by atoms with van der Waals surface area (Å²) in [6.07, 6.45) is 3.01. The average Bonchev–Trinajstić information content (AvgIpc) is 2.47. The van der Waals surface area contributed by atoms with Crippen LogP contribution in [0.5, 0.6) is 0 Å². The molecule has 2 heterocycles. The molecule has 7 nitrogen and oxygen atoms in total. The summed E-state index contributed by atoms with van der Waals surface area (Å²) in [5.74, 6) is 0.862. The molecule has 0 saturated carbocycles. The summed E-state index contributed by atoms with van der Waals surface area (Å²) in [5, 5.41) is 0. The molecule has 0 unspecified atom stereocenters. The lowest BCUT2D eigenvalue weighted by Gasteiger charge is -2.35. The molecule has 19 heavy (non-hydrogen) atoms. The van der Waals surface area contributed by atoms with Gasteiger partial charge in [-0.25, -0.2) is 14.8 Å². The van der Waals surface area contributed by atoms with Crippen molar-refractivity contribution < 1.29 is 9.53 Å². The Labute approximate surface area is 112 Å². The highest BCUT2D eigenvalue weighted by Crippen LogP contribution is 2.17. The van der Waals surface area contributed by atoms with Crippen LogP contribution in [0, 0.1) is 0 Å². The van der Waals surface area contributed by atoms with Gasteiger partial charge in [-0.1, -0.05) is 0 Å². The number of carbonyl (C=O) groups is 1. The van der Waals surface area contributed by atoms with Gasteiger partial charge in [0.1, 0.15) is 12.1 Å². The molecule has 0 aromatic carbocycles. The zero-order valence-electron chi connectivity index (χ0n) is 11.1. The van der Waals surface area contributed by atoms with Crippen molar-refractivity contribution >= 4 is 11.9 Å². The molecule has 0 atom stereocenters. The second-order valence-corrected chi connectivity index (χ2v) is 4.25. The lowest BCUT2D eigenvalue weighted by molar-refractivity contribution is 0.105. The molecule has 1 saturated heterocycles. The van der Waals surface area contributed by atoms with Crippen LogP contribution in [0.25, 0.3) is 0 Å². The lowest BCUT2D eigenvalue weighted by Crippen LogP contribution is -2.49. The SMILES string of the molecule is CCOC(=O)N1CCN(c2ncncc2CN)CC1. The van der Waals surface area contributed by atoms with Crippen LogP contribution in [-0.2, 0) is 11.3 Å². The summed E-state index contributed by atoms with van der Waals surface area (Å²) in [6, 6.07) is 0. The molecule has 2 rings (SSSR count). The number of carbonyl (C=O) groups excluding carboxylic acids is 1. The van der Waals surface area contributed by atoms with Crippen molar-refractivity contribution in [1.82, 2.24) is 14.9 Å². The number of amides is 1. The highest BCUT2D eigenvalue weighted by Gasteiger charge is 2.23. The molecular weight excluding hydrogens is 246 g/mol. The number of aromatic nitrogens is 2. The van der Waals surface area contributed by atoms with E-state index in [4.69, 9.17) is 10.5 Å². The molecule has 2 N–H and O–H groups in total. The van der Waals surface area contributed by atoms with E-state index in [0.29, 0.717) is 26.2 Å². The van der Waals surface area contributed by atoms with E-state index in [1.54, 1.807) is 11.1 Å². The number of nitrogens with zero attached hydrogens (tertiary/aromatic N) is 4. The van der Waals surface area contributed by atoms with Crippen molar-refractivity contribution in [3.8, 4) is 0 Å². The first-order valence-corrected chi connectivity index (χ1v) is 6.41. The monoisotopic (exact) mass is 265 g/mol. The molecule has 104 valence electrons. The van der Waals surface area contributed by atoms with Crippen LogP contribution in [0.1, 0.15) is 12.5 Å². The number of rotatable bonds is 3. The van der Waals surface area contributed by atoms with E-state index in [0.717, 1.165) is 24.5 Å². The first-order valence-electron chi connectivity index (χ1n) is 6.41. The molecule has 0 radical (unpaired) electrons. The fourth-order valence-electron chi connectivity index (χ4n) is 2.10. The number of piperazine rings is 1. The molecule has 1 fully saturated rings. The molecule has 1 aromatic heterocycles. The van der Waals surface area contributed by atoms with Crippen LogP contribution in [-0.4, -0.2) is 53.7 Å². The Kier molecular flexibility index (Phi) is 4.51. The third-order valence-corrected chi connectivity index (χ3v) is 3.09. The van der Waals surface area contributed by atoms with E-state index in [1.807, 2.05) is 6.92 Å². The number of hydrogen-bond donors (Lipinski definition) is 1. The van der Waals surface area contributed by atoms with Gasteiger partial charge in [0.15, 0.2) is 0 Å². The predicted molar refractivity (Wildman–Crippen MR) is 70.7 cm³/mol. The van der Waals surface area contributed by atoms with Crippen molar-refractivity contribution in [1.29, 1.82) is 0 Å². The van der Waals surface area contributed by atoms with E-state index in [-0.39, 0.29) is 6.09 Å². The van der Waals surface area contributed by atoms with Crippen molar-refractivity contribution in [2.75, 3.05) is 37.7 Å². The number of ether oxygens (including phenoxy) is 1. The van der Waals surface area contributed by atoms with E-state index in [1.165, 1.54) is 6.33 Å². The standard InChI is InChI=1S/C12H19N5O2/c1-2-19-12(18)17-5-3-16(4-6-17)11-10(7-13)8-14-9-15-11/h8-9H,2-7,13H2,1H3. The summed E-state index contributed by atoms with van der Waals surface area (Å²) in [5.41, 5.74) is 6.60. The highest BCUT2D eigenvalue weighted by molar-refractivity contribution is 5.68. The molecule has 1 aliphatic heterocycles. The smallest absolute Gasteiger partial charge is 0.409 e. The van der Waals surface area contributed by atoms with Gasteiger partial charge in [-0.05, 0) is 6.92 Å². The van der Waals surface area contributed by atoms with Crippen molar-refractivity contribution in [3.63, 3.8) is 0 Å². The molecule has 1 amide bonds. The van der Waals surface area contributed by atoms with Gasteiger partial charge in [-0.15, -0.1) is 0 Å². The van der Waals surface area contributed by atoms with Crippen LogP contribution in [0.15, 0.2) is 12.5 Å². The van der Waals surface area contributed by atoms with Gasteiger partial charge in [0.2, 0.25) is 0 Å². The van der Waals surface area contributed by atoms with Crippen LogP contribution < -0.4 is 10.6 Å². The summed E-state index contributed by atoms with van der Waals surface area (Å²) in [6.45, 7) is 5.34. The molecule has 1 aliphatic rings. The summed E-state index contributed by atoms with van der Waals surface area (Å²) in [7, 11) is 0. The van der Waals surface area contributed by atoms with Crippen molar-refractivity contribution in [2.45, 2.75) is 13.5 Å². The molecule has 1 aromatic rings. The van der Waals surface area contributed by atoms with Gasteiger partial charge in [0.05, 0.1) is 6.61 Å². The normalized spacial score (nSPS) is 15.5. The summed E-state index contributed by atoms with van der Waals surface area (Å²) >= 11 is 0. The second kappa shape index (κ2) is 6.33. The maximum atomic E-state index is 11.6. The Morgan fingerprint density at radius 1 is 1.42 bits per heavy atom. The van der Waals surface area contributed by atoms with E-state index in [9.17, 15) is 4.79 Å². The van der Waals surface area contributed by atoms with Crippen LogP contribution in [0.3, 0.4) is 0 Å². The predicted octanol–water partition coefficient (Wildman–Crippen LogP) is 0.214. The minimum absolute atomic E-state index is 0.246. The first-order chi connectivity index (χ1) is 9.26. The first kappa shape index (κ1) is 13.5. The van der Waals surface area contributed by atoms with E-state index < -0.39 is 0 Å². The molecule has 7 heteroatoms. The Bertz CT molecular complexity index is 432. The summed E-state index contributed by atoms with van der Waals surface area (Å²) in [4.78, 5) is 23.7.